The number of carboxylic acids is 1. The molecule has 0 bridgehead atoms. The van der Waals surface area contributed by atoms with E-state index in [1.807, 2.05) is 0 Å². The first-order chi connectivity index (χ1) is 8.44. The topological polar surface area (TPSA) is 61.4 Å². The second kappa shape index (κ2) is 4.99. The number of hydrogen-bond donors (Lipinski definition) is 3. The fourth-order valence-corrected chi connectivity index (χ4v) is 3.04. The molecule has 0 aliphatic carbocycles. The van der Waals surface area contributed by atoms with Crippen molar-refractivity contribution in [2.75, 3.05) is 19.6 Å². The molecule has 0 unspecified atom stereocenters. The third-order valence-corrected chi connectivity index (χ3v) is 4.75. The highest BCUT2D eigenvalue weighted by atomic mass is 32.1. The number of hydrogen-bond acceptors (Lipinski definition) is 4. The second-order valence-corrected chi connectivity index (χ2v) is 6.62. The van der Waals surface area contributed by atoms with Crippen LogP contribution in [0.4, 0.5) is 0 Å². The van der Waals surface area contributed by atoms with E-state index < -0.39 is 5.97 Å². The fraction of sp³-hybridized carbons (Fsp3) is 0.615. The van der Waals surface area contributed by atoms with Crippen LogP contribution in [-0.2, 0) is 10.2 Å². The summed E-state index contributed by atoms with van der Waals surface area (Å²) in [5.41, 5.74) is -0.227. The van der Waals surface area contributed by atoms with Crippen LogP contribution in [0.2, 0.25) is 0 Å². The molecular weight excluding hydrogens is 248 g/mol. The van der Waals surface area contributed by atoms with Crippen molar-refractivity contribution in [1.82, 2.24) is 10.6 Å². The Balaban J connectivity index is 1.96. The largest absolute Gasteiger partial charge is 0.481 e. The molecule has 2 rings (SSSR count). The summed E-state index contributed by atoms with van der Waals surface area (Å²) in [6.07, 6.45) is 0.181. The van der Waals surface area contributed by atoms with Gasteiger partial charge >= 0.3 is 5.97 Å². The lowest BCUT2D eigenvalue weighted by Gasteiger charge is -2.44. The SMILES string of the molecule is CC(C)(CNC1(CC(=O)O)CNC1)c1cccs1. The van der Waals surface area contributed by atoms with Gasteiger partial charge in [-0.2, -0.15) is 0 Å². The lowest BCUT2D eigenvalue weighted by atomic mass is 9.85. The summed E-state index contributed by atoms with van der Waals surface area (Å²) in [6, 6.07) is 4.19. The summed E-state index contributed by atoms with van der Waals surface area (Å²) in [4.78, 5) is 12.2. The van der Waals surface area contributed by atoms with Crippen LogP contribution < -0.4 is 10.6 Å². The Bertz CT molecular complexity index is 411. The quantitative estimate of drug-likeness (QED) is 0.730. The molecule has 0 saturated carbocycles. The Morgan fingerprint density at radius 1 is 1.61 bits per heavy atom. The van der Waals surface area contributed by atoms with Crippen molar-refractivity contribution in [3.8, 4) is 0 Å². The molecule has 1 aliphatic rings. The van der Waals surface area contributed by atoms with E-state index in [-0.39, 0.29) is 17.4 Å². The van der Waals surface area contributed by atoms with Gasteiger partial charge in [-0.05, 0) is 11.4 Å². The van der Waals surface area contributed by atoms with Crippen LogP contribution in [0.3, 0.4) is 0 Å². The maximum atomic E-state index is 10.9. The lowest BCUT2D eigenvalue weighted by molar-refractivity contribution is -0.139. The molecule has 2 heterocycles. The van der Waals surface area contributed by atoms with Crippen LogP contribution in [-0.4, -0.2) is 36.2 Å². The summed E-state index contributed by atoms with van der Waals surface area (Å²) in [7, 11) is 0. The summed E-state index contributed by atoms with van der Waals surface area (Å²) >= 11 is 1.75. The van der Waals surface area contributed by atoms with Crippen molar-refractivity contribution >= 4 is 17.3 Å². The number of nitrogens with one attached hydrogen (secondary N) is 2. The van der Waals surface area contributed by atoms with Crippen molar-refractivity contribution in [2.24, 2.45) is 0 Å². The van der Waals surface area contributed by atoms with Crippen molar-refractivity contribution in [1.29, 1.82) is 0 Å². The molecule has 0 aromatic carbocycles. The van der Waals surface area contributed by atoms with Gasteiger partial charge in [-0.1, -0.05) is 19.9 Å². The maximum absolute atomic E-state index is 10.9. The van der Waals surface area contributed by atoms with E-state index in [0.717, 1.165) is 19.6 Å². The van der Waals surface area contributed by atoms with Gasteiger partial charge in [0, 0.05) is 29.9 Å². The predicted octanol–water partition coefficient (Wildman–Crippen LogP) is 1.43. The van der Waals surface area contributed by atoms with Gasteiger partial charge < -0.3 is 15.7 Å². The van der Waals surface area contributed by atoms with Crippen LogP contribution in [0.25, 0.3) is 0 Å². The molecule has 5 heteroatoms. The first kappa shape index (κ1) is 13.5. The van der Waals surface area contributed by atoms with Crippen LogP contribution in [0.5, 0.6) is 0 Å². The molecule has 1 saturated heterocycles. The second-order valence-electron chi connectivity index (χ2n) is 5.67. The molecule has 1 aromatic rings. The predicted molar refractivity (Wildman–Crippen MR) is 73.2 cm³/mol. The molecule has 1 fully saturated rings. The number of carboxylic acid groups (broad SMARTS) is 1. The van der Waals surface area contributed by atoms with Crippen molar-refractivity contribution < 1.29 is 9.90 Å². The zero-order valence-corrected chi connectivity index (χ0v) is 11.6. The van der Waals surface area contributed by atoms with E-state index in [0.29, 0.717) is 0 Å². The van der Waals surface area contributed by atoms with Crippen molar-refractivity contribution in [3.05, 3.63) is 22.4 Å². The molecule has 1 aliphatic heterocycles. The molecule has 100 valence electrons. The minimum absolute atomic E-state index is 0.0370. The molecule has 0 atom stereocenters. The van der Waals surface area contributed by atoms with Gasteiger partial charge in [-0.15, -0.1) is 11.3 Å². The van der Waals surface area contributed by atoms with Crippen molar-refractivity contribution in [2.45, 2.75) is 31.2 Å². The van der Waals surface area contributed by atoms with E-state index in [4.69, 9.17) is 5.11 Å². The minimum atomic E-state index is -0.738. The molecule has 1 aromatic heterocycles. The van der Waals surface area contributed by atoms with Gasteiger partial charge in [-0.25, -0.2) is 0 Å². The van der Waals surface area contributed by atoms with E-state index >= 15 is 0 Å². The molecule has 3 N–H and O–H groups in total. The molecule has 4 nitrogen and oxygen atoms in total. The highest BCUT2D eigenvalue weighted by molar-refractivity contribution is 7.10. The molecule has 18 heavy (non-hydrogen) atoms. The van der Waals surface area contributed by atoms with E-state index in [9.17, 15) is 4.79 Å². The van der Waals surface area contributed by atoms with Crippen LogP contribution >= 0.6 is 11.3 Å². The monoisotopic (exact) mass is 268 g/mol. The van der Waals surface area contributed by atoms with E-state index in [1.165, 1.54) is 4.88 Å². The smallest absolute Gasteiger partial charge is 0.305 e. The summed E-state index contributed by atoms with van der Waals surface area (Å²) in [5, 5.41) is 17.7. The average molecular weight is 268 g/mol. The third kappa shape index (κ3) is 2.91. The lowest BCUT2D eigenvalue weighted by Crippen LogP contribution is -2.69. The van der Waals surface area contributed by atoms with E-state index in [1.54, 1.807) is 11.3 Å². The highest BCUT2D eigenvalue weighted by Crippen LogP contribution is 2.28. The molecule has 0 radical (unpaired) electrons. The zero-order valence-electron chi connectivity index (χ0n) is 10.8. The van der Waals surface area contributed by atoms with Gasteiger partial charge in [-0.3, -0.25) is 4.79 Å². The Morgan fingerprint density at radius 3 is 2.78 bits per heavy atom. The first-order valence-corrected chi connectivity index (χ1v) is 7.03. The van der Waals surface area contributed by atoms with Crippen LogP contribution in [0.1, 0.15) is 25.1 Å². The maximum Gasteiger partial charge on any atom is 0.305 e. The van der Waals surface area contributed by atoms with E-state index in [2.05, 4.69) is 42.0 Å². The van der Waals surface area contributed by atoms with Gasteiger partial charge in [0.05, 0.1) is 12.0 Å². The normalized spacial score (nSPS) is 18.3. The summed E-state index contributed by atoms with van der Waals surface area (Å²) in [5.74, 6) is -0.738. The fourth-order valence-electron chi connectivity index (χ4n) is 2.19. The molecular formula is C13H20N2O2S. The number of carbonyl (C=O) groups is 1. The molecule has 0 spiro atoms. The van der Waals surface area contributed by atoms with Crippen molar-refractivity contribution in [3.63, 3.8) is 0 Å². The van der Waals surface area contributed by atoms with Gasteiger partial charge in [0.1, 0.15) is 0 Å². The number of rotatable bonds is 6. The zero-order chi connectivity index (χ0) is 13.2. The standard InChI is InChI=1S/C13H20N2O2S/c1-12(2,10-4-3-5-18-10)7-15-13(6-11(16)17)8-14-9-13/h3-5,14-15H,6-9H2,1-2H3,(H,16,17). The molecule has 0 amide bonds. The average Bonchev–Trinajstić information content (AvgIpc) is 2.75. The van der Waals surface area contributed by atoms with Crippen LogP contribution in [0, 0.1) is 0 Å². The Labute approximate surface area is 111 Å². The summed E-state index contributed by atoms with van der Waals surface area (Å²) in [6.45, 7) is 6.64. The Kier molecular flexibility index (Phi) is 3.75. The number of thiophene rings is 1. The number of aliphatic carboxylic acids is 1. The first-order valence-electron chi connectivity index (χ1n) is 6.15. The third-order valence-electron chi connectivity index (χ3n) is 3.51. The highest BCUT2D eigenvalue weighted by Gasteiger charge is 2.40. The summed E-state index contributed by atoms with van der Waals surface area (Å²) < 4.78 is 0. The Hall–Kier alpha value is -0.910. The van der Waals surface area contributed by atoms with Crippen LogP contribution in [0.15, 0.2) is 17.5 Å². The van der Waals surface area contributed by atoms with Gasteiger partial charge in [0.25, 0.3) is 0 Å². The van der Waals surface area contributed by atoms with Gasteiger partial charge in [0.2, 0.25) is 0 Å². The minimum Gasteiger partial charge on any atom is -0.481 e. The Morgan fingerprint density at radius 2 is 2.33 bits per heavy atom. The van der Waals surface area contributed by atoms with Gasteiger partial charge in [0.15, 0.2) is 0 Å².